The van der Waals surface area contributed by atoms with Crippen molar-refractivity contribution < 1.29 is 19.1 Å². The lowest BCUT2D eigenvalue weighted by Crippen LogP contribution is -2.18. The molecule has 0 radical (unpaired) electrons. The van der Waals surface area contributed by atoms with Gasteiger partial charge in [-0.15, -0.1) is 5.10 Å². The summed E-state index contributed by atoms with van der Waals surface area (Å²) in [5.41, 5.74) is 2.39. The van der Waals surface area contributed by atoms with Crippen LogP contribution in [0.2, 0.25) is 5.02 Å². The minimum Gasteiger partial charge on any atom is -0.453 e. The summed E-state index contributed by atoms with van der Waals surface area (Å²) in [4.78, 5) is 23.7. The first-order valence-corrected chi connectivity index (χ1v) is 9.34. The summed E-state index contributed by atoms with van der Waals surface area (Å²) in [6.07, 6.45) is -1.79. The summed E-state index contributed by atoms with van der Waals surface area (Å²) < 4.78 is 11.4. The molecule has 0 aliphatic heterocycles. The van der Waals surface area contributed by atoms with Gasteiger partial charge >= 0.3 is 12.2 Å². The predicted octanol–water partition coefficient (Wildman–Crippen LogP) is 4.62. The van der Waals surface area contributed by atoms with Gasteiger partial charge in [0.1, 0.15) is 11.8 Å². The number of anilines is 2. The number of hydrogen-bond donors (Lipinski definition) is 2. The van der Waals surface area contributed by atoms with Crippen LogP contribution in [0.1, 0.15) is 18.6 Å². The molecule has 9 nitrogen and oxygen atoms in total. The van der Waals surface area contributed by atoms with Gasteiger partial charge in [0.05, 0.1) is 7.11 Å². The van der Waals surface area contributed by atoms with Gasteiger partial charge in [-0.2, -0.15) is 0 Å². The van der Waals surface area contributed by atoms with Gasteiger partial charge in [0.2, 0.25) is 0 Å². The van der Waals surface area contributed by atoms with E-state index in [0.717, 1.165) is 0 Å². The number of rotatable bonds is 5. The quantitative estimate of drug-likeness (QED) is 0.612. The molecule has 0 aliphatic carbocycles. The molecule has 0 bridgehead atoms. The SMILES string of the molecule is COC(=O)Nc1ccc(-c2nnn(C)c2NC(=O)O[C@H](C)c2ccccc2Cl)cc1. The summed E-state index contributed by atoms with van der Waals surface area (Å²) in [6.45, 7) is 1.73. The number of amides is 2. The van der Waals surface area contributed by atoms with Crippen molar-refractivity contribution in [1.29, 1.82) is 0 Å². The number of nitrogens with one attached hydrogen (secondary N) is 2. The van der Waals surface area contributed by atoms with Crippen molar-refractivity contribution in [2.75, 3.05) is 17.7 Å². The second-order valence-electron chi connectivity index (χ2n) is 6.30. The zero-order valence-electron chi connectivity index (χ0n) is 16.5. The molecule has 2 amide bonds. The molecule has 0 spiro atoms. The Bertz CT molecular complexity index is 1050. The molecule has 3 rings (SSSR count). The molecule has 1 heterocycles. The van der Waals surface area contributed by atoms with E-state index in [1.807, 2.05) is 6.07 Å². The van der Waals surface area contributed by atoms with Gasteiger partial charge in [0, 0.05) is 28.9 Å². The van der Waals surface area contributed by atoms with Gasteiger partial charge in [0.25, 0.3) is 0 Å². The summed E-state index contributed by atoms with van der Waals surface area (Å²) in [7, 11) is 2.93. The summed E-state index contributed by atoms with van der Waals surface area (Å²) in [5, 5.41) is 13.8. The third kappa shape index (κ3) is 4.87. The molecule has 2 N–H and O–H groups in total. The number of aromatic nitrogens is 3. The van der Waals surface area contributed by atoms with Gasteiger partial charge < -0.3 is 9.47 Å². The molecule has 3 aromatic rings. The maximum absolute atomic E-state index is 12.4. The first-order valence-electron chi connectivity index (χ1n) is 8.96. The van der Waals surface area contributed by atoms with Crippen molar-refractivity contribution in [3.63, 3.8) is 0 Å². The fourth-order valence-electron chi connectivity index (χ4n) is 2.73. The number of benzene rings is 2. The molecule has 0 aliphatic rings. The topological polar surface area (TPSA) is 107 Å². The lowest BCUT2D eigenvalue weighted by Gasteiger charge is -2.15. The second kappa shape index (κ2) is 9.27. The molecule has 0 fully saturated rings. The molecule has 0 unspecified atom stereocenters. The highest BCUT2D eigenvalue weighted by Crippen LogP contribution is 2.28. The van der Waals surface area contributed by atoms with E-state index in [2.05, 4.69) is 25.7 Å². The molecular weight excluding hydrogens is 410 g/mol. The van der Waals surface area contributed by atoms with Crippen molar-refractivity contribution in [2.24, 2.45) is 7.05 Å². The van der Waals surface area contributed by atoms with Crippen LogP contribution >= 0.6 is 11.6 Å². The number of halogens is 1. The van der Waals surface area contributed by atoms with Crippen LogP contribution in [0.25, 0.3) is 11.3 Å². The van der Waals surface area contributed by atoms with Crippen LogP contribution < -0.4 is 10.6 Å². The zero-order valence-corrected chi connectivity index (χ0v) is 17.3. The monoisotopic (exact) mass is 429 g/mol. The summed E-state index contributed by atoms with van der Waals surface area (Å²) in [6, 6.07) is 14.0. The number of hydrogen-bond acceptors (Lipinski definition) is 6. The fourth-order valence-corrected chi connectivity index (χ4v) is 3.02. The second-order valence-corrected chi connectivity index (χ2v) is 6.71. The van der Waals surface area contributed by atoms with Crippen molar-refractivity contribution in [1.82, 2.24) is 15.0 Å². The molecule has 0 saturated heterocycles. The lowest BCUT2D eigenvalue weighted by atomic mass is 10.1. The normalized spacial score (nSPS) is 11.5. The minimum atomic E-state index is -0.668. The van der Waals surface area contributed by atoms with Crippen LogP contribution in [0.5, 0.6) is 0 Å². The first-order chi connectivity index (χ1) is 14.4. The Morgan fingerprint density at radius 2 is 1.77 bits per heavy atom. The number of nitrogens with zero attached hydrogens (tertiary/aromatic N) is 3. The van der Waals surface area contributed by atoms with Crippen LogP contribution in [0.3, 0.4) is 0 Å². The van der Waals surface area contributed by atoms with E-state index in [1.165, 1.54) is 11.8 Å². The van der Waals surface area contributed by atoms with Crippen molar-refractivity contribution in [3.05, 3.63) is 59.1 Å². The molecule has 156 valence electrons. The summed E-state index contributed by atoms with van der Waals surface area (Å²) in [5.74, 6) is 0.361. The van der Waals surface area contributed by atoms with E-state index in [0.29, 0.717) is 33.3 Å². The highest BCUT2D eigenvalue weighted by atomic mass is 35.5. The highest BCUT2D eigenvalue weighted by molar-refractivity contribution is 6.31. The maximum Gasteiger partial charge on any atom is 0.413 e. The highest BCUT2D eigenvalue weighted by Gasteiger charge is 2.19. The van der Waals surface area contributed by atoms with Crippen LogP contribution in [0, 0.1) is 0 Å². The third-order valence-electron chi connectivity index (χ3n) is 4.26. The molecule has 1 aromatic heterocycles. The van der Waals surface area contributed by atoms with Gasteiger partial charge in [-0.05, 0) is 25.1 Å². The van der Waals surface area contributed by atoms with Gasteiger partial charge in [0.15, 0.2) is 5.82 Å². The fraction of sp³-hybridized carbons (Fsp3) is 0.200. The third-order valence-corrected chi connectivity index (χ3v) is 4.61. The van der Waals surface area contributed by atoms with Crippen LogP contribution in [-0.4, -0.2) is 34.3 Å². The zero-order chi connectivity index (χ0) is 21.7. The summed E-state index contributed by atoms with van der Waals surface area (Å²) >= 11 is 6.16. The van der Waals surface area contributed by atoms with E-state index in [-0.39, 0.29) is 0 Å². The standard InChI is InChI=1S/C20H20ClN5O4/c1-12(15-6-4-5-7-16(15)21)30-20(28)23-18-17(24-25-26(18)2)13-8-10-14(11-9-13)22-19(27)29-3/h4-12H,1-3H3,(H,22,27)(H,23,28)/t12-/m1/s1. The number of ether oxygens (including phenoxy) is 2. The Morgan fingerprint density at radius 3 is 2.43 bits per heavy atom. The molecule has 0 saturated carbocycles. The van der Waals surface area contributed by atoms with Crippen molar-refractivity contribution >= 4 is 35.3 Å². The van der Waals surface area contributed by atoms with E-state index < -0.39 is 18.3 Å². The van der Waals surface area contributed by atoms with Crippen LogP contribution in [-0.2, 0) is 16.5 Å². The molecule has 2 aromatic carbocycles. The smallest absolute Gasteiger partial charge is 0.413 e. The van der Waals surface area contributed by atoms with E-state index in [4.69, 9.17) is 16.3 Å². The molecule has 1 atom stereocenters. The van der Waals surface area contributed by atoms with Gasteiger partial charge in [-0.1, -0.05) is 47.1 Å². The van der Waals surface area contributed by atoms with Crippen molar-refractivity contribution in [3.8, 4) is 11.3 Å². The Balaban J connectivity index is 1.73. The average Bonchev–Trinajstić information content (AvgIpc) is 3.08. The largest absolute Gasteiger partial charge is 0.453 e. The van der Waals surface area contributed by atoms with E-state index in [1.54, 1.807) is 56.4 Å². The molecular formula is C20H20ClN5O4. The number of carbonyl (C=O) groups is 2. The van der Waals surface area contributed by atoms with Gasteiger partial charge in [-0.25, -0.2) is 14.3 Å². The Kier molecular flexibility index (Phi) is 6.53. The molecule has 30 heavy (non-hydrogen) atoms. The van der Waals surface area contributed by atoms with E-state index in [9.17, 15) is 9.59 Å². The number of methoxy groups -OCH3 is 1. The van der Waals surface area contributed by atoms with Crippen LogP contribution in [0.15, 0.2) is 48.5 Å². The maximum atomic E-state index is 12.4. The first kappa shape index (κ1) is 21.1. The Hall–Kier alpha value is -3.59. The number of carbonyl (C=O) groups excluding carboxylic acids is 2. The predicted molar refractivity (Wildman–Crippen MR) is 112 cm³/mol. The van der Waals surface area contributed by atoms with E-state index >= 15 is 0 Å². The van der Waals surface area contributed by atoms with Gasteiger partial charge in [-0.3, -0.25) is 10.6 Å². The minimum absolute atomic E-state index is 0.361. The van der Waals surface area contributed by atoms with Crippen LogP contribution in [0.4, 0.5) is 21.1 Å². The molecule has 10 heteroatoms. The lowest BCUT2D eigenvalue weighted by molar-refractivity contribution is 0.121. The average molecular weight is 430 g/mol. The van der Waals surface area contributed by atoms with Crippen molar-refractivity contribution in [2.45, 2.75) is 13.0 Å². The number of aryl methyl sites for hydroxylation is 1. The Morgan fingerprint density at radius 1 is 1.07 bits per heavy atom. The Labute approximate surface area is 177 Å².